The van der Waals surface area contributed by atoms with Gasteiger partial charge in [0.1, 0.15) is 0 Å². The molecule has 0 aliphatic heterocycles. The lowest BCUT2D eigenvalue weighted by atomic mass is 10.0. The Morgan fingerprint density at radius 3 is 2.18 bits per heavy atom. The van der Waals surface area contributed by atoms with Gasteiger partial charge in [-0.15, -0.1) is 0 Å². The fraction of sp³-hybridized carbons (Fsp3) is 0.571. The molecule has 0 aliphatic carbocycles. The molecule has 96 valence electrons. The predicted molar refractivity (Wildman–Crippen MR) is 75.8 cm³/mol. The smallest absolute Gasteiger partial charge is 0.188 e. The molecule has 0 heterocycles. The maximum Gasteiger partial charge on any atom is 0.188 e. The van der Waals surface area contributed by atoms with E-state index in [9.17, 15) is 9.59 Å². The molecule has 0 aromatic rings. The van der Waals surface area contributed by atoms with Crippen LogP contribution in [0, 0.1) is 0 Å². The molecule has 0 spiro atoms. The van der Waals surface area contributed by atoms with Crippen LogP contribution in [0.25, 0.3) is 0 Å². The Bertz CT molecular complexity index is 333. The van der Waals surface area contributed by atoms with Crippen molar-refractivity contribution >= 4 is 19.6 Å². The van der Waals surface area contributed by atoms with Crippen molar-refractivity contribution in [3.63, 3.8) is 0 Å². The molecule has 0 aliphatic rings. The number of hydrogen-bond acceptors (Lipinski definition) is 2. The molecule has 17 heavy (non-hydrogen) atoms. The summed E-state index contributed by atoms with van der Waals surface area (Å²) < 4.78 is 0. The van der Waals surface area contributed by atoms with E-state index in [4.69, 9.17) is 0 Å². The number of allylic oxidation sites excluding steroid dienone is 3. The molecular weight excluding hydrogens is 228 g/mol. The first-order valence-corrected chi connectivity index (χ1v) is 9.82. The van der Waals surface area contributed by atoms with Crippen molar-refractivity contribution in [1.82, 2.24) is 0 Å². The number of Topliss-reactive ketones (excluding diaryl/α,β-unsaturated/α-hetero) is 1. The Morgan fingerprint density at radius 1 is 1.18 bits per heavy atom. The van der Waals surface area contributed by atoms with Crippen LogP contribution in [0.3, 0.4) is 0 Å². The summed E-state index contributed by atoms with van der Waals surface area (Å²) in [4.78, 5) is 23.7. The van der Waals surface area contributed by atoms with Gasteiger partial charge >= 0.3 is 0 Å². The van der Waals surface area contributed by atoms with Crippen LogP contribution >= 0.6 is 0 Å². The fourth-order valence-corrected chi connectivity index (χ4v) is 1.98. The van der Waals surface area contributed by atoms with Crippen LogP contribution in [0.15, 0.2) is 23.4 Å². The lowest BCUT2D eigenvalue weighted by Crippen LogP contribution is -2.17. The molecule has 0 N–H and O–H groups in total. The van der Waals surface area contributed by atoms with Gasteiger partial charge in [-0.05, 0) is 19.4 Å². The Kier molecular flexibility index (Phi) is 6.96. The molecule has 0 saturated carbocycles. The van der Waals surface area contributed by atoms with Crippen molar-refractivity contribution in [1.29, 1.82) is 0 Å². The quantitative estimate of drug-likeness (QED) is 0.300. The molecule has 0 rings (SSSR count). The van der Waals surface area contributed by atoms with Crippen molar-refractivity contribution in [2.75, 3.05) is 0 Å². The Labute approximate surface area is 106 Å². The fourth-order valence-electron chi connectivity index (χ4n) is 1.33. The van der Waals surface area contributed by atoms with Gasteiger partial charge in [0.05, 0.1) is 13.6 Å². The van der Waals surface area contributed by atoms with Crippen molar-refractivity contribution in [3.05, 3.63) is 23.4 Å². The molecule has 0 amide bonds. The number of unbranched alkanes of at least 4 members (excludes halogenated alkanes) is 1. The monoisotopic (exact) mass is 252 g/mol. The molecule has 3 heteroatoms. The van der Waals surface area contributed by atoms with Crippen LogP contribution in [-0.2, 0) is 9.59 Å². The van der Waals surface area contributed by atoms with E-state index in [0.717, 1.165) is 12.8 Å². The van der Waals surface area contributed by atoms with Gasteiger partial charge in [0.15, 0.2) is 11.6 Å². The zero-order chi connectivity index (χ0) is 13.5. The van der Waals surface area contributed by atoms with Gasteiger partial charge in [-0.3, -0.25) is 9.59 Å². The molecule has 2 nitrogen and oxygen atoms in total. The molecule has 0 aromatic carbocycles. The summed E-state index contributed by atoms with van der Waals surface area (Å²) in [6, 6.07) is 0. The van der Waals surface area contributed by atoms with E-state index in [-0.39, 0.29) is 11.6 Å². The number of carbonyl (C=O) groups is 2. The first kappa shape index (κ1) is 16.0. The maximum atomic E-state index is 11.9. The lowest BCUT2D eigenvalue weighted by Gasteiger charge is -2.08. The van der Waals surface area contributed by atoms with E-state index in [2.05, 4.69) is 19.6 Å². The SMILES string of the molecule is C/C=C(/C(=O)/C=C/[Si](C)(C)C)C(=O)CCCC. The Hall–Kier alpha value is -0.963. The normalized spacial score (nSPS) is 13.1. The van der Waals surface area contributed by atoms with Crippen LogP contribution in [-0.4, -0.2) is 19.6 Å². The summed E-state index contributed by atoms with van der Waals surface area (Å²) in [5.74, 6) is -0.171. The highest BCUT2D eigenvalue weighted by Crippen LogP contribution is 2.09. The molecular formula is C14H24O2Si. The third-order valence-electron chi connectivity index (χ3n) is 2.35. The summed E-state index contributed by atoms with van der Waals surface area (Å²) in [6.07, 6.45) is 5.51. The zero-order valence-electron chi connectivity index (χ0n) is 11.7. The summed E-state index contributed by atoms with van der Waals surface area (Å²) in [6.45, 7) is 10.3. The van der Waals surface area contributed by atoms with Gasteiger partial charge in [-0.2, -0.15) is 0 Å². The second kappa shape index (κ2) is 7.38. The highest BCUT2D eigenvalue weighted by Gasteiger charge is 2.15. The van der Waals surface area contributed by atoms with Gasteiger partial charge in [0.25, 0.3) is 0 Å². The molecule has 0 bridgehead atoms. The number of carbonyl (C=O) groups excluding carboxylic acids is 2. The number of rotatable bonds is 7. The maximum absolute atomic E-state index is 11.9. The zero-order valence-corrected chi connectivity index (χ0v) is 12.7. The van der Waals surface area contributed by atoms with Gasteiger partial charge in [-0.25, -0.2) is 0 Å². The van der Waals surface area contributed by atoms with E-state index in [0.29, 0.717) is 12.0 Å². The van der Waals surface area contributed by atoms with Gasteiger partial charge in [0, 0.05) is 6.42 Å². The number of hydrogen-bond donors (Lipinski definition) is 0. The van der Waals surface area contributed by atoms with Crippen molar-refractivity contribution < 1.29 is 9.59 Å². The third kappa shape index (κ3) is 7.05. The summed E-state index contributed by atoms with van der Waals surface area (Å²) in [5.41, 5.74) is 2.32. The van der Waals surface area contributed by atoms with Gasteiger partial charge in [0.2, 0.25) is 0 Å². The van der Waals surface area contributed by atoms with Crippen molar-refractivity contribution in [2.45, 2.75) is 52.8 Å². The minimum Gasteiger partial charge on any atom is -0.294 e. The second-order valence-electron chi connectivity index (χ2n) is 5.29. The summed E-state index contributed by atoms with van der Waals surface area (Å²) in [5, 5.41) is 0. The largest absolute Gasteiger partial charge is 0.294 e. The van der Waals surface area contributed by atoms with E-state index < -0.39 is 8.07 Å². The average molecular weight is 252 g/mol. The Morgan fingerprint density at radius 2 is 1.76 bits per heavy atom. The van der Waals surface area contributed by atoms with Crippen LogP contribution in [0.4, 0.5) is 0 Å². The molecule has 0 fully saturated rings. The summed E-state index contributed by atoms with van der Waals surface area (Å²) in [7, 11) is -1.38. The molecule has 0 unspecified atom stereocenters. The highest BCUT2D eigenvalue weighted by molar-refractivity contribution is 6.81. The summed E-state index contributed by atoms with van der Waals surface area (Å²) >= 11 is 0. The standard InChI is InChI=1S/C14H24O2Si/c1-6-8-9-13(15)12(7-2)14(16)10-11-17(3,4)5/h7,10-11H,6,8-9H2,1-5H3/b11-10+,12-7+. The highest BCUT2D eigenvalue weighted by atomic mass is 28.3. The van der Waals surface area contributed by atoms with Crippen LogP contribution in [0.5, 0.6) is 0 Å². The molecule has 0 saturated heterocycles. The minimum absolute atomic E-state index is 0.0282. The second-order valence-corrected chi connectivity index (χ2v) is 10.4. The van der Waals surface area contributed by atoms with E-state index in [1.807, 2.05) is 12.6 Å². The van der Waals surface area contributed by atoms with Crippen LogP contribution in [0.1, 0.15) is 33.1 Å². The first-order chi connectivity index (χ1) is 7.81. The Balaban J connectivity index is 4.64. The van der Waals surface area contributed by atoms with E-state index >= 15 is 0 Å². The molecule has 0 radical (unpaired) electrons. The lowest BCUT2D eigenvalue weighted by molar-refractivity contribution is -0.119. The minimum atomic E-state index is -1.38. The third-order valence-corrected chi connectivity index (χ3v) is 3.51. The van der Waals surface area contributed by atoms with E-state index in [1.54, 1.807) is 19.1 Å². The predicted octanol–water partition coefficient (Wildman–Crippen LogP) is 3.69. The molecule has 0 aromatic heterocycles. The number of ketones is 2. The average Bonchev–Trinajstić information content (AvgIpc) is 2.23. The topological polar surface area (TPSA) is 34.1 Å². The first-order valence-electron chi connectivity index (χ1n) is 6.25. The van der Waals surface area contributed by atoms with E-state index in [1.165, 1.54) is 0 Å². The van der Waals surface area contributed by atoms with Gasteiger partial charge < -0.3 is 0 Å². The van der Waals surface area contributed by atoms with Crippen molar-refractivity contribution in [3.8, 4) is 0 Å². The molecule has 0 atom stereocenters. The van der Waals surface area contributed by atoms with Crippen LogP contribution < -0.4 is 0 Å². The van der Waals surface area contributed by atoms with Crippen molar-refractivity contribution in [2.24, 2.45) is 0 Å². The van der Waals surface area contributed by atoms with Gasteiger partial charge in [-0.1, -0.05) is 44.8 Å². The van der Waals surface area contributed by atoms with Crippen LogP contribution in [0.2, 0.25) is 19.6 Å².